The molecule has 0 aromatic heterocycles. The molecule has 0 unspecified atom stereocenters. The Morgan fingerprint density at radius 2 is 2.08 bits per heavy atom. The van der Waals surface area contributed by atoms with Gasteiger partial charge in [-0.3, -0.25) is 0 Å². The highest BCUT2D eigenvalue weighted by atomic mass is 16.5. The van der Waals surface area contributed by atoms with Gasteiger partial charge in [-0.1, -0.05) is 25.1 Å². The van der Waals surface area contributed by atoms with Crippen molar-refractivity contribution in [1.82, 2.24) is 0 Å². The summed E-state index contributed by atoms with van der Waals surface area (Å²) < 4.78 is 5.49. The van der Waals surface area contributed by atoms with E-state index in [1.807, 2.05) is 0 Å². The predicted octanol–water partition coefficient (Wildman–Crippen LogP) is 2.71. The van der Waals surface area contributed by atoms with E-state index in [-0.39, 0.29) is 0 Å². The van der Waals surface area contributed by atoms with Crippen LogP contribution in [0.15, 0.2) is 18.2 Å². The summed E-state index contributed by atoms with van der Waals surface area (Å²) in [6.07, 6.45) is 3.63. The minimum atomic E-state index is 0.779. The standard InChI is InChI=1S/C12H16O/c1-2-7-13-9-10-3-4-11-5-6-12(11)8-10/h3-4,8H,2,5-7,9H2,1H3. The van der Waals surface area contributed by atoms with Crippen molar-refractivity contribution in [2.45, 2.75) is 32.8 Å². The van der Waals surface area contributed by atoms with Crippen molar-refractivity contribution in [2.75, 3.05) is 6.61 Å². The van der Waals surface area contributed by atoms with Gasteiger partial charge in [0.05, 0.1) is 6.61 Å². The molecule has 0 saturated heterocycles. The van der Waals surface area contributed by atoms with Crippen molar-refractivity contribution in [2.24, 2.45) is 0 Å². The van der Waals surface area contributed by atoms with Crippen LogP contribution in [0.25, 0.3) is 0 Å². The van der Waals surface area contributed by atoms with E-state index < -0.39 is 0 Å². The van der Waals surface area contributed by atoms with Gasteiger partial charge in [0, 0.05) is 6.61 Å². The zero-order valence-electron chi connectivity index (χ0n) is 8.18. The Labute approximate surface area is 79.7 Å². The molecule has 0 heterocycles. The molecule has 0 fully saturated rings. The van der Waals surface area contributed by atoms with Gasteiger partial charge in [-0.15, -0.1) is 0 Å². The Morgan fingerprint density at radius 1 is 1.23 bits per heavy atom. The van der Waals surface area contributed by atoms with E-state index in [1.165, 1.54) is 29.5 Å². The third kappa shape index (κ3) is 1.92. The lowest BCUT2D eigenvalue weighted by molar-refractivity contribution is 0.121. The molecule has 1 aliphatic rings. The molecular weight excluding hydrogens is 160 g/mol. The van der Waals surface area contributed by atoms with Crippen molar-refractivity contribution < 1.29 is 4.74 Å². The maximum Gasteiger partial charge on any atom is 0.0716 e. The number of hydrogen-bond donors (Lipinski definition) is 0. The highest BCUT2D eigenvalue weighted by Crippen LogP contribution is 2.23. The van der Waals surface area contributed by atoms with Gasteiger partial charge >= 0.3 is 0 Å². The number of hydrogen-bond acceptors (Lipinski definition) is 1. The van der Waals surface area contributed by atoms with Crippen molar-refractivity contribution in [3.05, 3.63) is 34.9 Å². The third-order valence-corrected chi connectivity index (χ3v) is 2.55. The molecule has 0 spiro atoms. The molecule has 0 radical (unpaired) electrons. The van der Waals surface area contributed by atoms with Crippen LogP contribution in [0, 0.1) is 0 Å². The van der Waals surface area contributed by atoms with Crippen molar-refractivity contribution in [1.29, 1.82) is 0 Å². The van der Waals surface area contributed by atoms with Crippen LogP contribution < -0.4 is 0 Å². The fraction of sp³-hybridized carbons (Fsp3) is 0.500. The van der Waals surface area contributed by atoms with Gasteiger partial charge in [-0.05, 0) is 36.0 Å². The van der Waals surface area contributed by atoms with Gasteiger partial charge in [0.25, 0.3) is 0 Å². The molecule has 2 rings (SSSR count). The molecule has 1 aromatic carbocycles. The van der Waals surface area contributed by atoms with Crippen LogP contribution in [-0.4, -0.2) is 6.61 Å². The van der Waals surface area contributed by atoms with E-state index in [0.29, 0.717) is 0 Å². The highest BCUT2D eigenvalue weighted by Gasteiger charge is 2.12. The van der Waals surface area contributed by atoms with Crippen molar-refractivity contribution >= 4 is 0 Å². The summed E-state index contributed by atoms with van der Waals surface area (Å²) in [5, 5.41) is 0. The van der Waals surface area contributed by atoms with E-state index in [9.17, 15) is 0 Å². The number of benzene rings is 1. The molecule has 0 saturated carbocycles. The fourth-order valence-corrected chi connectivity index (χ4v) is 1.67. The first kappa shape index (κ1) is 8.76. The number of ether oxygens (including phenoxy) is 1. The minimum Gasteiger partial charge on any atom is -0.377 e. The molecule has 0 N–H and O–H groups in total. The summed E-state index contributed by atoms with van der Waals surface area (Å²) in [5.41, 5.74) is 4.38. The second kappa shape index (κ2) is 3.93. The van der Waals surface area contributed by atoms with Crippen LogP contribution in [0.2, 0.25) is 0 Å². The Hall–Kier alpha value is -0.820. The topological polar surface area (TPSA) is 9.23 Å². The van der Waals surface area contributed by atoms with E-state index in [4.69, 9.17) is 4.74 Å². The molecular formula is C12H16O. The summed E-state index contributed by atoms with van der Waals surface area (Å²) >= 11 is 0. The second-order valence-corrected chi connectivity index (χ2v) is 3.66. The van der Waals surface area contributed by atoms with Gasteiger partial charge in [-0.2, -0.15) is 0 Å². The molecule has 13 heavy (non-hydrogen) atoms. The summed E-state index contributed by atoms with van der Waals surface area (Å²) in [7, 11) is 0. The maximum atomic E-state index is 5.49. The Balaban J connectivity index is 1.93. The van der Waals surface area contributed by atoms with Crippen LogP contribution in [0.3, 0.4) is 0 Å². The Morgan fingerprint density at radius 3 is 2.69 bits per heavy atom. The summed E-state index contributed by atoms with van der Waals surface area (Å²) in [6, 6.07) is 6.71. The van der Waals surface area contributed by atoms with E-state index >= 15 is 0 Å². The second-order valence-electron chi connectivity index (χ2n) is 3.66. The molecule has 70 valence electrons. The first-order valence-electron chi connectivity index (χ1n) is 5.08. The molecule has 0 aliphatic heterocycles. The molecule has 0 atom stereocenters. The zero-order valence-corrected chi connectivity index (χ0v) is 8.18. The van der Waals surface area contributed by atoms with E-state index in [0.717, 1.165) is 19.6 Å². The lowest BCUT2D eigenvalue weighted by Crippen LogP contribution is -2.08. The maximum absolute atomic E-state index is 5.49. The lowest BCUT2D eigenvalue weighted by atomic mass is 9.87. The van der Waals surface area contributed by atoms with Crippen LogP contribution >= 0.6 is 0 Å². The van der Waals surface area contributed by atoms with Gasteiger partial charge in [0.2, 0.25) is 0 Å². The smallest absolute Gasteiger partial charge is 0.0716 e. The quantitative estimate of drug-likeness (QED) is 0.641. The van der Waals surface area contributed by atoms with Crippen LogP contribution in [0.4, 0.5) is 0 Å². The van der Waals surface area contributed by atoms with E-state index in [1.54, 1.807) is 0 Å². The van der Waals surface area contributed by atoms with Crippen LogP contribution in [0.1, 0.15) is 30.0 Å². The minimum absolute atomic E-state index is 0.779. The molecule has 1 nitrogen and oxygen atoms in total. The van der Waals surface area contributed by atoms with Crippen LogP contribution in [0.5, 0.6) is 0 Å². The first-order valence-corrected chi connectivity index (χ1v) is 5.08. The average Bonchev–Trinajstić information content (AvgIpc) is 2.10. The summed E-state index contributed by atoms with van der Waals surface area (Å²) in [5.74, 6) is 0. The Kier molecular flexibility index (Phi) is 2.65. The average molecular weight is 176 g/mol. The fourth-order valence-electron chi connectivity index (χ4n) is 1.67. The molecule has 0 bridgehead atoms. The van der Waals surface area contributed by atoms with Crippen LogP contribution in [-0.2, 0) is 24.2 Å². The third-order valence-electron chi connectivity index (χ3n) is 2.55. The van der Waals surface area contributed by atoms with Gasteiger partial charge in [0.1, 0.15) is 0 Å². The number of aryl methyl sites for hydroxylation is 2. The molecule has 0 amide bonds. The molecule has 1 aliphatic carbocycles. The normalized spacial score (nSPS) is 13.6. The largest absolute Gasteiger partial charge is 0.377 e. The van der Waals surface area contributed by atoms with Crippen molar-refractivity contribution in [3.63, 3.8) is 0 Å². The highest BCUT2D eigenvalue weighted by molar-refractivity contribution is 5.38. The van der Waals surface area contributed by atoms with Crippen molar-refractivity contribution in [3.8, 4) is 0 Å². The number of fused-ring (bicyclic) bond motifs is 1. The summed E-state index contributed by atoms with van der Waals surface area (Å²) in [6.45, 7) is 3.79. The van der Waals surface area contributed by atoms with Gasteiger partial charge in [-0.25, -0.2) is 0 Å². The predicted molar refractivity (Wildman–Crippen MR) is 53.8 cm³/mol. The van der Waals surface area contributed by atoms with E-state index in [2.05, 4.69) is 25.1 Å². The Bertz CT molecular complexity index is 291. The monoisotopic (exact) mass is 176 g/mol. The zero-order chi connectivity index (χ0) is 9.10. The molecule has 1 aromatic rings. The van der Waals surface area contributed by atoms with Gasteiger partial charge < -0.3 is 4.74 Å². The lowest BCUT2D eigenvalue weighted by Gasteiger charge is -2.19. The SMILES string of the molecule is CCCOCc1ccc2c(c1)CC2. The summed E-state index contributed by atoms with van der Waals surface area (Å²) in [4.78, 5) is 0. The first-order chi connectivity index (χ1) is 6.40. The molecule has 1 heteroatoms. The van der Waals surface area contributed by atoms with Gasteiger partial charge in [0.15, 0.2) is 0 Å². The number of rotatable bonds is 4.